The van der Waals surface area contributed by atoms with Crippen LogP contribution in [0.5, 0.6) is 5.75 Å². The summed E-state index contributed by atoms with van der Waals surface area (Å²) < 4.78 is 34.5. The number of benzene rings is 1. The summed E-state index contributed by atoms with van der Waals surface area (Å²) in [6, 6.07) is 4.93. The Labute approximate surface area is 274 Å². The van der Waals surface area contributed by atoms with Crippen LogP contribution in [0.1, 0.15) is 43.7 Å². The van der Waals surface area contributed by atoms with Crippen molar-refractivity contribution in [3.05, 3.63) is 59.3 Å². The average molecular weight is 692 g/mol. The third-order valence-electron chi connectivity index (χ3n) is 9.14. The number of carbonyl (C=O) groups excluding carboxylic acids is 4. The van der Waals surface area contributed by atoms with Crippen molar-refractivity contribution >= 4 is 48.3 Å². The lowest BCUT2D eigenvalue weighted by Crippen LogP contribution is -2.61. The topological polar surface area (TPSA) is 153 Å². The van der Waals surface area contributed by atoms with Crippen LogP contribution in [-0.2, 0) is 20.0 Å². The molecular formula is C31H36F2N5O7PS. The van der Waals surface area contributed by atoms with E-state index in [-0.39, 0.29) is 30.5 Å². The number of aromatic nitrogens is 1. The highest BCUT2D eigenvalue weighted by molar-refractivity contribution is 8.32. The fourth-order valence-electron chi connectivity index (χ4n) is 6.70. The molecule has 1 aromatic heterocycles. The molecule has 12 nitrogen and oxygen atoms in total. The lowest BCUT2D eigenvalue weighted by molar-refractivity contribution is -0.148. The molecule has 5 heterocycles. The van der Waals surface area contributed by atoms with E-state index in [9.17, 15) is 37.7 Å². The molecule has 5 atom stereocenters. The molecule has 0 aliphatic carbocycles. The van der Waals surface area contributed by atoms with Crippen molar-refractivity contribution in [2.75, 3.05) is 26.2 Å². The zero-order valence-corrected chi connectivity index (χ0v) is 27.3. The van der Waals surface area contributed by atoms with Crippen LogP contribution in [0.25, 0.3) is 6.08 Å². The summed E-state index contributed by atoms with van der Waals surface area (Å²) in [6.07, 6.45) is 6.78. The molecule has 4 aliphatic rings. The van der Waals surface area contributed by atoms with Gasteiger partial charge in [0, 0.05) is 61.9 Å². The molecule has 0 radical (unpaired) electrons. The molecule has 0 spiro atoms. The van der Waals surface area contributed by atoms with Crippen molar-refractivity contribution in [1.29, 1.82) is 0 Å². The van der Waals surface area contributed by atoms with Gasteiger partial charge in [-0.15, -0.1) is 10.9 Å². The van der Waals surface area contributed by atoms with E-state index < -0.39 is 53.7 Å². The zero-order chi connectivity index (χ0) is 33.5. The molecule has 3 N–H and O–H groups in total. The number of nitrogens with zero attached hydrogens (tertiary/aromatic N) is 4. The number of rotatable bonds is 6. The molecule has 2 unspecified atom stereocenters. The van der Waals surface area contributed by atoms with E-state index in [1.54, 1.807) is 39.7 Å². The van der Waals surface area contributed by atoms with Crippen LogP contribution in [0, 0.1) is 0 Å². The van der Waals surface area contributed by atoms with Gasteiger partial charge >= 0.3 is 5.66 Å². The molecule has 0 saturated carbocycles. The molecule has 1 aromatic carbocycles. The average Bonchev–Trinajstić information content (AvgIpc) is 3.79. The minimum atomic E-state index is -3.84. The first-order chi connectivity index (χ1) is 22.4. The third kappa shape index (κ3) is 6.71. The van der Waals surface area contributed by atoms with Crippen molar-refractivity contribution in [3.8, 4) is 5.75 Å². The first kappa shape index (κ1) is 33.3. The summed E-state index contributed by atoms with van der Waals surface area (Å²) in [7, 11) is -5.26. The summed E-state index contributed by atoms with van der Waals surface area (Å²) in [5.41, 5.74) is -4.07. The van der Waals surface area contributed by atoms with E-state index in [0.29, 0.717) is 61.5 Å². The number of ether oxygens (including phenoxy) is 1. The van der Waals surface area contributed by atoms with Gasteiger partial charge < -0.3 is 34.5 Å². The van der Waals surface area contributed by atoms with Crippen LogP contribution in [0.4, 0.5) is 13.6 Å². The van der Waals surface area contributed by atoms with Gasteiger partial charge in [0.05, 0.1) is 6.54 Å². The molecule has 3 saturated heterocycles. The van der Waals surface area contributed by atoms with E-state index in [2.05, 4.69) is 10.3 Å². The van der Waals surface area contributed by atoms with E-state index in [1.165, 1.54) is 24.0 Å². The normalized spacial score (nSPS) is 26.6. The van der Waals surface area contributed by atoms with Crippen LogP contribution in [0.2, 0.25) is 0 Å². The van der Waals surface area contributed by atoms with Crippen LogP contribution in [-0.4, -0.2) is 103 Å². The van der Waals surface area contributed by atoms with Crippen LogP contribution in [0.15, 0.2) is 53.0 Å². The van der Waals surface area contributed by atoms with Gasteiger partial charge in [-0.25, -0.2) is 0 Å². The molecule has 252 valence electrons. The second-order valence-corrected chi connectivity index (χ2v) is 15.1. The number of fused-ring (bicyclic) bond motifs is 2. The van der Waals surface area contributed by atoms with Gasteiger partial charge in [0.1, 0.15) is 23.9 Å². The van der Waals surface area contributed by atoms with Crippen LogP contribution >= 0.6 is 19.3 Å². The van der Waals surface area contributed by atoms with Gasteiger partial charge in [-0.2, -0.15) is 8.78 Å². The summed E-state index contributed by atoms with van der Waals surface area (Å²) in [6.45, 7) is 2.55. The number of pyridine rings is 1. The zero-order valence-electron chi connectivity index (χ0n) is 25.5. The Bertz CT molecular complexity index is 1580. The molecule has 2 aromatic rings. The third-order valence-corrected chi connectivity index (χ3v) is 11.8. The van der Waals surface area contributed by atoms with Gasteiger partial charge in [-0.1, -0.05) is 6.07 Å². The number of amides is 4. The summed E-state index contributed by atoms with van der Waals surface area (Å²) in [5, 5.41) is 3.90. The van der Waals surface area contributed by atoms with E-state index >= 15 is 0 Å². The van der Waals surface area contributed by atoms with Gasteiger partial charge in [0.25, 0.3) is 5.24 Å². The van der Waals surface area contributed by atoms with Crippen molar-refractivity contribution in [1.82, 2.24) is 25.0 Å². The number of halogens is 2. The van der Waals surface area contributed by atoms with E-state index in [0.717, 1.165) is 12.1 Å². The quantitative estimate of drug-likeness (QED) is 0.267. The van der Waals surface area contributed by atoms with E-state index in [4.69, 9.17) is 4.74 Å². The Morgan fingerprint density at radius 2 is 1.79 bits per heavy atom. The number of alkyl halides is 2. The smallest absolute Gasteiger partial charge is 0.339 e. The Balaban J connectivity index is 1.18. The molecule has 0 bridgehead atoms. The summed E-state index contributed by atoms with van der Waals surface area (Å²) >= 11 is 0. The van der Waals surface area contributed by atoms with Crippen LogP contribution < -0.4 is 10.1 Å². The number of thiol groups is 1. The van der Waals surface area contributed by atoms with Crippen LogP contribution in [0.3, 0.4) is 0 Å². The Kier molecular flexibility index (Phi) is 9.52. The Morgan fingerprint density at radius 1 is 1.04 bits per heavy atom. The number of hydrogen-bond donors (Lipinski definition) is 4. The highest BCUT2D eigenvalue weighted by Crippen LogP contribution is 2.54. The largest absolute Gasteiger partial charge is 0.488 e. The number of hydrogen-bond acceptors (Lipinski definition) is 8. The molecule has 3 fully saturated rings. The van der Waals surface area contributed by atoms with Gasteiger partial charge in [0.15, 0.2) is 0 Å². The second kappa shape index (κ2) is 13.5. The minimum absolute atomic E-state index is 0.0724. The molecule has 4 aliphatic heterocycles. The number of carbonyl (C=O) groups is 4. The van der Waals surface area contributed by atoms with Gasteiger partial charge in [-0.05, 0) is 60.6 Å². The fourth-order valence-corrected chi connectivity index (χ4v) is 8.84. The monoisotopic (exact) mass is 691 g/mol. The van der Waals surface area contributed by atoms with E-state index in [1.807, 2.05) is 0 Å². The Hall–Kier alpha value is -3.65. The highest BCUT2D eigenvalue weighted by Gasteiger charge is 2.47. The van der Waals surface area contributed by atoms with Crippen molar-refractivity contribution in [2.24, 2.45) is 0 Å². The molecule has 47 heavy (non-hydrogen) atoms. The highest BCUT2D eigenvalue weighted by atomic mass is 32.2. The SMILES string of the molecule is CC(=O)N1CC[C@H]2CC[C@@H](C(=O)N3CCC(Oc4ccncc4)C3)N2C(=O)[C@@H](NC(=O)[SH]2C=Cc3cc(C(F)(F)P(O)O)ccc32)C1. The Morgan fingerprint density at radius 3 is 2.51 bits per heavy atom. The predicted molar refractivity (Wildman–Crippen MR) is 171 cm³/mol. The van der Waals surface area contributed by atoms with Gasteiger partial charge in [0.2, 0.25) is 26.1 Å². The summed E-state index contributed by atoms with van der Waals surface area (Å²) in [4.78, 5) is 81.9. The first-order valence-electron chi connectivity index (χ1n) is 15.4. The van der Waals surface area contributed by atoms with Crippen molar-refractivity contribution in [2.45, 2.75) is 67.4 Å². The molecule has 4 amide bonds. The first-order valence-corrected chi connectivity index (χ1v) is 18.0. The van der Waals surface area contributed by atoms with Crippen molar-refractivity contribution in [3.63, 3.8) is 0 Å². The second-order valence-electron chi connectivity index (χ2n) is 12.0. The lowest BCUT2D eigenvalue weighted by atomic mass is 10.1. The summed E-state index contributed by atoms with van der Waals surface area (Å²) in [5.74, 6) is -0.194. The lowest BCUT2D eigenvalue weighted by Gasteiger charge is -2.39. The van der Waals surface area contributed by atoms with Crippen molar-refractivity contribution < 1.29 is 42.5 Å². The maximum absolute atomic E-state index is 14.3. The maximum atomic E-state index is 14.3. The number of likely N-dealkylation sites (tertiary alicyclic amines) is 1. The fraction of sp³-hybridized carbons (Fsp3) is 0.452. The molecule has 16 heteroatoms. The number of nitrogens with one attached hydrogen (secondary N) is 1. The van der Waals surface area contributed by atoms with Gasteiger partial charge in [-0.3, -0.25) is 24.2 Å². The predicted octanol–water partition coefficient (Wildman–Crippen LogP) is 3.14. The minimum Gasteiger partial charge on any atom is -0.488 e. The maximum Gasteiger partial charge on any atom is 0.339 e. The molecular weight excluding hydrogens is 655 g/mol. The molecule has 6 rings (SSSR count). The standard InChI is InChI=1S/C31H36F2N5O7PS/c1-19(39)36-13-8-22-3-4-26(29(41)37-14-9-24(17-37)45-23-6-11-34-12-7-23)38(22)28(40)25(18-36)35-30(42)47-15-10-20-16-21(2-5-27(20)47)31(32,33)46(43)44/h2,5-7,10-12,15-16,22,24-26,43-44,47H,3-4,8-9,13-14,17-18H2,1H3,(H,35,42)/t22-,24?,25+,26+/m1/s1.